The largest absolute Gasteiger partial charge is 0.300 e. The zero-order valence-electron chi connectivity index (χ0n) is 15.3. The molecular formula is C26H21N. The first-order chi connectivity index (χ1) is 13.3. The van der Waals surface area contributed by atoms with E-state index in [0.29, 0.717) is 5.71 Å². The Hall–Kier alpha value is -3.45. The van der Waals surface area contributed by atoms with Crippen molar-refractivity contribution < 1.29 is 0 Å². The summed E-state index contributed by atoms with van der Waals surface area (Å²) in [6.07, 6.45) is 8.23. The van der Waals surface area contributed by atoms with E-state index in [2.05, 4.69) is 54.6 Å². The predicted molar refractivity (Wildman–Crippen MR) is 118 cm³/mol. The van der Waals surface area contributed by atoms with Crippen LogP contribution in [0.3, 0.4) is 0 Å². The quantitative estimate of drug-likeness (QED) is 0.233. The Bertz CT molecular complexity index is 1180. The highest BCUT2D eigenvalue weighted by Crippen LogP contribution is 2.29. The lowest BCUT2D eigenvalue weighted by Crippen LogP contribution is -2.01. The molecule has 1 N–H and O–H groups in total. The summed E-state index contributed by atoms with van der Waals surface area (Å²) >= 11 is 0. The van der Waals surface area contributed by atoms with Crippen molar-refractivity contribution in [3.8, 4) is 0 Å². The Kier molecular flexibility index (Phi) is 4.67. The average Bonchev–Trinajstić information content (AvgIpc) is 2.73. The first-order valence-corrected chi connectivity index (χ1v) is 9.17. The number of nitrogens with one attached hydrogen (secondary N) is 1. The van der Waals surface area contributed by atoms with Crippen LogP contribution in [0.2, 0.25) is 0 Å². The molecule has 0 aromatic heterocycles. The summed E-state index contributed by atoms with van der Waals surface area (Å²) in [5, 5.41) is 13.4. The molecule has 0 heterocycles. The van der Waals surface area contributed by atoms with Crippen molar-refractivity contribution in [1.29, 1.82) is 5.41 Å². The molecule has 0 saturated heterocycles. The highest BCUT2D eigenvalue weighted by Gasteiger charge is 2.10. The van der Waals surface area contributed by atoms with Gasteiger partial charge in [0.1, 0.15) is 0 Å². The molecule has 0 aliphatic rings. The fraction of sp³-hybridized carbons (Fsp3) is 0.0385. The summed E-state index contributed by atoms with van der Waals surface area (Å²) in [4.78, 5) is 0. The lowest BCUT2D eigenvalue weighted by atomic mass is 9.93. The number of fused-ring (bicyclic) bond motifs is 3. The minimum atomic E-state index is 0.562. The predicted octanol–water partition coefficient (Wildman–Crippen LogP) is 7.00. The van der Waals surface area contributed by atoms with Crippen molar-refractivity contribution in [2.45, 2.75) is 6.92 Å². The van der Waals surface area contributed by atoms with E-state index in [1.165, 1.54) is 21.7 Å². The van der Waals surface area contributed by atoms with E-state index in [1.807, 2.05) is 55.5 Å². The molecule has 0 radical (unpaired) electrons. The van der Waals surface area contributed by atoms with Gasteiger partial charge in [-0.05, 0) is 40.1 Å². The lowest BCUT2D eigenvalue weighted by molar-refractivity contribution is 1.47. The molecule has 27 heavy (non-hydrogen) atoms. The van der Waals surface area contributed by atoms with Crippen LogP contribution in [-0.4, -0.2) is 5.71 Å². The molecule has 0 bridgehead atoms. The smallest absolute Gasteiger partial charge is 0.0690 e. The van der Waals surface area contributed by atoms with E-state index in [4.69, 9.17) is 5.41 Å². The summed E-state index contributed by atoms with van der Waals surface area (Å²) in [5.74, 6) is 0. The van der Waals surface area contributed by atoms with Crippen molar-refractivity contribution in [3.63, 3.8) is 0 Å². The van der Waals surface area contributed by atoms with Gasteiger partial charge in [-0.1, -0.05) is 97.1 Å². The molecule has 1 heteroatoms. The standard InChI is InChI=1S/C26H21N/c1-2-3-5-9-19-14-16-22-21(18-19)15-17-24-23(22)12-8-13-25(24)26(27)20-10-6-4-7-11-20/h2-18,27H,1H3/b3-2-,9-5-,27-26?. The summed E-state index contributed by atoms with van der Waals surface area (Å²) in [6, 6.07) is 27.0. The zero-order valence-corrected chi connectivity index (χ0v) is 15.3. The topological polar surface area (TPSA) is 23.9 Å². The maximum absolute atomic E-state index is 8.67. The monoisotopic (exact) mass is 347 g/mol. The molecular weight excluding hydrogens is 326 g/mol. The molecule has 130 valence electrons. The molecule has 0 saturated carbocycles. The van der Waals surface area contributed by atoms with Crippen LogP contribution in [0.15, 0.2) is 97.1 Å². The molecule has 0 aliphatic carbocycles. The molecule has 4 aromatic carbocycles. The molecule has 4 rings (SSSR count). The third kappa shape index (κ3) is 3.32. The van der Waals surface area contributed by atoms with Crippen LogP contribution in [0.5, 0.6) is 0 Å². The lowest BCUT2D eigenvalue weighted by Gasteiger charge is -2.11. The second kappa shape index (κ2) is 7.43. The number of benzene rings is 4. The summed E-state index contributed by atoms with van der Waals surface area (Å²) in [6.45, 7) is 2.02. The van der Waals surface area contributed by atoms with Gasteiger partial charge < -0.3 is 0 Å². The van der Waals surface area contributed by atoms with E-state index in [1.54, 1.807) is 0 Å². The van der Waals surface area contributed by atoms with Crippen LogP contribution in [0, 0.1) is 5.41 Å². The van der Waals surface area contributed by atoms with Gasteiger partial charge in [-0.2, -0.15) is 0 Å². The van der Waals surface area contributed by atoms with E-state index in [0.717, 1.165) is 16.5 Å². The van der Waals surface area contributed by atoms with Crippen molar-refractivity contribution in [2.24, 2.45) is 0 Å². The maximum Gasteiger partial charge on any atom is 0.0690 e. The van der Waals surface area contributed by atoms with Gasteiger partial charge in [-0.3, -0.25) is 5.41 Å². The highest BCUT2D eigenvalue weighted by molar-refractivity contribution is 6.21. The number of allylic oxidation sites excluding steroid dienone is 3. The van der Waals surface area contributed by atoms with Gasteiger partial charge in [0.15, 0.2) is 0 Å². The molecule has 1 nitrogen and oxygen atoms in total. The molecule has 0 amide bonds. The second-order valence-electron chi connectivity index (χ2n) is 6.57. The van der Waals surface area contributed by atoms with Gasteiger partial charge >= 0.3 is 0 Å². The minimum Gasteiger partial charge on any atom is -0.300 e. The van der Waals surface area contributed by atoms with E-state index in [-0.39, 0.29) is 0 Å². The Morgan fingerprint density at radius 1 is 0.741 bits per heavy atom. The van der Waals surface area contributed by atoms with Crippen LogP contribution in [0.1, 0.15) is 23.6 Å². The third-order valence-electron chi connectivity index (χ3n) is 4.83. The molecule has 4 aromatic rings. The van der Waals surface area contributed by atoms with Crippen molar-refractivity contribution in [2.75, 3.05) is 0 Å². The Morgan fingerprint density at radius 2 is 1.56 bits per heavy atom. The SMILES string of the molecule is C/C=C\C=C/c1ccc2c(ccc3c(C(=N)c4ccccc4)cccc32)c1. The van der Waals surface area contributed by atoms with E-state index >= 15 is 0 Å². The van der Waals surface area contributed by atoms with Gasteiger partial charge in [0.05, 0.1) is 5.71 Å². The van der Waals surface area contributed by atoms with Crippen LogP contribution in [-0.2, 0) is 0 Å². The summed E-state index contributed by atoms with van der Waals surface area (Å²) < 4.78 is 0. The van der Waals surface area contributed by atoms with Crippen LogP contribution in [0.25, 0.3) is 27.6 Å². The molecule has 0 atom stereocenters. The molecule has 0 unspecified atom stereocenters. The van der Waals surface area contributed by atoms with Gasteiger partial charge in [-0.15, -0.1) is 0 Å². The highest BCUT2D eigenvalue weighted by atomic mass is 14.4. The van der Waals surface area contributed by atoms with Crippen LogP contribution < -0.4 is 0 Å². The zero-order chi connectivity index (χ0) is 18.6. The first-order valence-electron chi connectivity index (χ1n) is 9.17. The number of hydrogen-bond donors (Lipinski definition) is 1. The Balaban J connectivity index is 1.85. The van der Waals surface area contributed by atoms with Gasteiger partial charge in [-0.25, -0.2) is 0 Å². The van der Waals surface area contributed by atoms with Gasteiger partial charge in [0.2, 0.25) is 0 Å². The summed E-state index contributed by atoms with van der Waals surface area (Å²) in [7, 11) is 0. The van der Waals surface area contributed by atoms with Gasteiger partial charge in [0, 0.05) is 11.1 Å². The molecule has 0 fully saturated rings. The first kappa shape index (κ1) is 17.0. The Labute approximate surface area is 159 Å². The van der Waals surface area contributed by atoms with Crippen LogP contribution >= 0.6 is 0 Å². The molecule has 0 spiro atoms. The van der Waals surface area contributed by atoms with Gasteiger partial charge in [0.25, 0.3) is 0 Å². The summed E-state index contributed by atoms with van der Waals surface area (Å²) in [5.41, 5.74) is 3.66. The Morgan fingerprint density at radius 3 is 2.37 bits per heavy atom. The van der Waals surface area contributed by atoms with Crippen LogP contribution in [0.4, 0.5) is 0 Å². The second-order valence-corrected chi connectivity index (χ2v) is 6.57. The number of rotatable bonds is 4. The van der Waals surface area contributed by atoms with Crippen molar-refractivity contribution in [3.05, 3.63) is 114 Å². The normalized spacial score (nSPS) is 11.7. The fourth-order valence-electron chi connectivity index (χ4n) is 3.48. The van der Waals surface area contributed by atoms with Crippen molar-refractivity contribution in [1.82, 2.24) is 0 Å². The maximum atomic E-state index is 8.67. The van der Waals surface area contributed by atoms with E-state index in [9.17, 15) is 0 Å². The van der Waals surface area contributed by atoms with Crippen molar-refractivity contribution >= 4 is 33.3 Å². The third-order valence-corrected chi connectivity index (χ3v) is 4.83. The van der Waals surface area contributed by atoms with E-state index < -0.39 is 0 Å². The minimum absolute atomic E-state index is 0.562. The molecule has 0 aliphatic heterocycles. The fourth-order valence-corrected chi connectivity index (χ4v) is 3.48. The number of hydrogen-bond acceptors (Lipinski definition) is 1. The average molecular weight is 347 g/mol.